The molecule has 0 fully saturated rings. The molecule has 0 atom stereocenters. The van der Waals surface area contributed by atoms with Crippen LogP contribution in [-0.2, 0) is 24.9 Å². The van der Waals surface area contributed by atoms with Crippen LogP contribution >= 0.6 is 0 Å². The van der Waals surface area contributed by atoms with Crippen LogP contribution < -0.4 is 0 Å². The van der Waals surface area contributed by atoms with Crippen molar-refractivity contribution < 1.29 is 29.7 Å². The molecule has 11 aromatic rings. The van der Waals surface area contributed by atoms with Crippen LogP contribution in [0.25, 0.3) is 88.1 Å². The maximum atomic E-state index is 9.21. The summed E-state index contributed by atoms with van der Waals surface area (Å²) in [7, 11) is 0. The molecule has 318 valence electrons. The van der Waals surface area contributed by atoms with Gasteiger partial charge in [-0.25, -0.2) is 0 Å². The number of nitrogens with zero attached hydrogens (tertiary/aromatic N) is 4. The molecule has 0 saturated carbocycles. The fourth-order valence-corrected chi connectivity index (χ4v) is 8.12. The van der Waals surface area contributed by atoms with Gasteiger partial charge in [0.15, 0.2) is 11.5 Å². The molecule has 11 rings (SSSR count). The molecule has 0 radical (unpaired) electrons. The fourth-order valence-electron chi connectivity index (χ4n) is 8.12. The third kappa shape index (κ3) is 9.38. The van der Waals surface area contributed by atoms with E-state index in [1.807, 2.05) is 55.1 Å². The zero-order valence-corrected chi connectivity index (χ0v) is 38.0. The van der Waals surface area contributed by atoms with E-state index in [0.29, 0.717) is 0 Å². The average Bonchev–Trinajstić information content (AvgIpc) is 3.35. The monoisotopic (exact) mass is 932 g/mol. The fraction of sp³-hybridized carbons (Fsp3) is 0.0690. The molecule has 6 nitrogen and oxygen atoms in total. The molecule has 7 aromatic carbocycles. The van der Waals surface area contributed by atoms with Gasteiger partial charge in [0.1, 0.15) is 0 Å². The standard InChI is InChI=1S/2C24H16N2.C10H14O2.Ru/c2*1-3-7-17(8-4-1)19-13-15-25-23-21(19)11-12-22-20(14-16-26-24(22)23)18-9-5-2-6-10-18;1-10(2,3)7-4-5-8(11)9(12)6-7;/h2*1-16H;4-6,11-12H,1-3H3;. The van der Waals surface area contributed by atoms with Crippen LogP contribution in [0.3, 0.4) is 0 Å². The summed E-state index contributed by atoms with van der Waals surface area (Å²) in [5.74, 6) is -0.120. The normalized spacial score (nSPS) is 11.0. The van der Waals surface area contributed by atoms with E-state index in [1.54, 1.807) is 6.07 Å². The van der Waals surface area contributed by atoms with Gasteiger partial charge in [0, 0.05) is 65.8 Å². The van der Waals surface area contributed by atoms with E-state index in [1.165, 1.54) is 50.6 Å². The molecule has 7 heteroatoms. The molecular formula is C58H46N4O2Ru. The second-order valence-corrected chi connectivity index (χ2v) is 16.6. The molecule has 0 saturated heterocycles. The van der Waals surface area contributed by atoms with Gasteiger partial charge >= 0.3 is 0 Å². The number of fused-ring (bicyclic) bond motifs is 6. The van der Waals surface area contributed by atoms with E-state index in [4.69, 9.17) is 5.11 Å². The van der Waals surface area contributed by atoms with Crippen molar-refractivity contribution in [1.82, 2.24) is 19.9 Å². The van der Waals surface area contributed by atoms with Gasteiger partial charge < -0.3 is 10.2 Å². The van der Waals surface area contributed by atoms with Crippen molar-refractivity contribution in [3.63, 3.8) is 0 Å². The van der Waals surface area contributed by atoms with Crippen molar-refractivity contribution in [2.24, 2.45) is 0 Å². The van der Waals surface area contributed by atoms with Gasteiger partial charge in [-0.2, -0.15) is 0 Å². The summed E-state index contributed by atoms with van der Waals surface area (Å²) in [6.45, 7) is 6.16. The molecule has 0 aliphatic rings. The van der Waals surface area contributed by atoms with E-state index >= 15 is 0 Å². The number of hydrogen-bond donors (Lipinski definition) is 2. The van der Waals surface area contributed by atoms with Gasteiger partial charge in [0.25, 0.3) is 0 Å². The van der Waals surface area contributed by atoms with Gasteiger partial charge in [-0.3, -0.25) is 19.9 Å². The number of rotatable bonds is 4. The molecule has 0 bridgehead atoms. The Labute approximate surface area is 391 Å². The van der Waals surface area contributed by atoms with Crippen molar-refractivity contribution in [1.29, 1.82) is 0 Å². The predicted octanol–water partition coefficient (Wildman–Crippen LogP) is 14.6. The number of hydrogen-bond acceptors (Lipinski definition) is 6. The first-order valence-corrected chi connectivity index (χ1v) is 21.3. The summed E-state index contributed by atoms with van der Waals surface area (Å²) in [5.41, 5.74) is 14.3. The minimum Gasteiger partial charge on any atom is -0.504 e. The van der Waals surface area contributed by atoms with Crippen LogP contribution in [0.2, 0.25) is 0 Å². The summed E-state index contributed by atoms with van der Waals surface area (Å²) in [6.07, 6.45) is 7.50. The Kier molecular flexibility index (Phi) is 13.2. The van der Waals surface area contributed by atoms with Crippen LogP contribution in [0.4, 0.5) is 0 Å². The SMILES string of the molecule is CC(C)(C)c1ccc(O)c(O)c1.[Ru].c1ccc(-c2ccnc3c2ccc2c(-c4ccccc4)ccnc23)cc1.c1ccc(-c2ccnc3c2ccc2c(-c4ccccc4)ccnc23)cc1. The Morgan fingerprint density at radius 1 is 0.323 bits per heavy atom. The molecular weight excluding hydrogens is 886 g/mol. The third-order valence-corrected chi connectivity index (χ3v) is 11.4. The Morgan fingerprint density at radius 3 is 0.846 bits per heavy atom. The van der Waals surface area contributed by atoms with Crippen LogP contribution in [0.1, 0.15) is 26.3 Å². The first kappa shape index (κ1) is 44.0. The smallest absolute Gasteiger partial charge is 0.157 e. The number of aromatic nitrogens is 4. The van der Waals surface area contributed by atoms with E-state index in [2.05, 4.69) is 186 Å². The van der Waals surface area contributed by atoms with Crippen molar-refractivity contribution in [3.8, 4) is 56.0 Å². The zero-order valence-electron chi connectivity index (χ0n) is 36.2. The quantitative estimate of drug-likeness (QED) is 0.104. The van der Waals surface area contributed by atoms with Gasteiger partial charge in [0.05, 0.1) is 22.1 Å². The number of aromatic hydroxyl groups is 2. The summed E-state index contributed by atoms with van der Waals surface area (Å²) in [4.78, 5) is 18.7. The van der Waals surface area contributed by atoms with Gasteiger partial charge in [0.2, 0.25) is 0 Å². The Morgan fingerprint density at radius 2 is 0.600 bits per heavy atom. The largest absolute Gasteiger partial charge is 0.504 e. The maximum Gasteiger partial charge on any atom is 0.157 e. The van der Waals surface area contributed by atoms with E-state index in [0.717, 1.165) is 49.2 Å². The van der Waals surface area contributed by atoms with Gasteiger partial charge in [-0.15, -0.1) is 0 Å². The minimum atomic E-state index is -0.0667. The van der Waals surface area contributed by atoms with Crippen molar-refractivity contribution in [2.75, 3.05) is 0 Å². The second-order valence-electron chi connectivity index (χ2n) is 16.6. The van der Waals surface area contributed by atoms with Gasteiger partial charge in [-0.05, 0) is 91.9 Å². The summed E-state index contributed by atoms with van der Waals surface area (Å²) < 4.78 is 0. The summed E-state index contributed by atoms with van der Waals surface area (Å²) in [6, 6.07) is 63.6. The van der Waals surface area contributed by atoms with Crippen molar-refractivity contribution >= 4 is 43.6 Å². The summed E-state index contributed by atoms with van der Waals surface area (Å²) in [5, 5.41) is 22.8. The number of pyridine rings is 4. The molecule has 4 heterocycles. The van der Waals surface area contributed by atoms with Crippen LogP contribution in [0.5, 0.6) is 11.5 Å². The van der Waals surface area contributed by atoms with Gasteiger partial charge in [-0.1, -0.05) is 172 Å². The first-order valence-electron chi connectivity index (χ1n) is 21.3. The van der Waals surface area contributed by atoms with Crippen molar-refractivity contribution in [2.45, 2.75) is 26.2 Å². The molecule has 2 N–H and O–H groups in total. The zero-order chi connectivity index (χ0) is 44.0. The summed E-state index contributed by atoms with van der Waals surface area (Å²) >= 11 is 0. The third-order valence-electron chi connectivity index (χ3n) is 11.4. The topological polar surface area (TPSA) is 92.0 Å². The van der Waals surface area contributed by atoms with E-state index < -0.39 is 0 Å². The predicted molar refractivity (Wildman–Crippen MR) is 264 cm³/mol. The number of phenols is 2. The van der Waals surface area contributed by atoms with E-state index in [-0.39, 0.29) is 36.4 Å². The molecule has 0 amide bonds. The van der Waals surface area contributed by atoms with Crippen molar-refractivity contribution in [3.05, 3.63) is 218 Å². The minimum absolute atomic E-state index is 0. The number of phenolic OH excluding ortho intramolecular Hbond substituents is 2. The second kappa shape index (κ2) is 19.4. The molecule has 65 heavy (non-hydrogen) atoms. The molecule has 0 aliphatic heterocycles. The average molecular weight is 932 g/mol. The van der Waals surface area contributed by atoms with Crippen LogP contribution in [0, 0.1) is 0 Å². The molecule has 0 spiro atoms. The first-order chi connectivity index (χ1) is 31.2. The number of benzene rings is 7. The molecule has 0 aliphatic carbocycles. The molecule has 0 unspecified atom stereocenters. The van der Waals surface area contributed by atoms with Crippen LogP contribution in [-0.4, -0.2) is 30.1 Å². The van der Waals surface area contributed by atoms with E-state index in [9.17, 15) is 5.11 Å². The van der Waals surface area contributed by atoms with Crippen LogP contribution in [0.15, 0.2) is 213 Å². The Balaban J connectivity index is 0.000000141. The Bertz CT molecular complexity index is 2990. The maximum absolute atomic E-state index is 9.21. The molecule has 4 aromatic heterocycles. The Hall–Kier alpha value is -7.60.